The predicted octanol–water partition coefficient (Wildman–Crippen LogP) is 3.24. The van der Waals surface area contributed by atoms with Crippen LogP contribution in [0.5, 0.6) is 0 Å². The van der Waals surface area contributed by atoms with Crippen molar-refractivity contribution >= 4 is 11.8 Å². The second kappa shape index (κ2) is 5.18. The molecule has 1 N–H and O–H groups in total. The van der Waals surface area contributed by atoms with Crippen LogP contribution >= 0.6 is 11.8 Å². The summed E-state index contributed by atoms with van der Waals surface area (Å²) >= 11 is 1.48. The molecule has 0 radical (unpaired) electrons. The zero-order valence-corrected chi connectivity index (χ0v) is 9.28. The van der Waals surface area contributed by atoms with E-state index in [2.05, 4.69) is 0 Å². The van der Waals surface area contributed by atoms with Gasteiger partial charge < -0.3 is 9.52 Å². The standard InChI is InChI=1S/C12H11FO2S/c13-10-1-3-11(4-2-10)16-8-12(14)9-5-6-15-7-9/h1-7,12,14H,8H2. The fraction of sp³-hybridized carbons (Fsp3) is 0.167. The average molecular weight is 238 g/mol. The molecule has 1 aromatic heterocycles. The largest absolute Gasteiger partial charge is 0.472 e. The SMILES string of the molecule is OC(CSc1ccc(F)cc1)c1ccoc1. The molecule has 2 nitrogen and oxygen atoms in total. The van der Waals surface area contributed by atoms with Crippen LogP contribution in [0.25, 0.3) is 0 Å². The summed E-state index contributed by atoms with van der Waals surface area (Å²) in [7, 11) is 0. The fourth-order valence-electron chi connectivity index (χ4n) is 1.27. The van der Waals surface area contributed by atoms with Gasteiger partial charge >= 0.3 is 0 Å². The Morgan fingerprint density at radius 2 is 2.00 bits per heavy atom. The van der Waals surface area contributed by atoms with Crippen molar-refractivity contribution in [2.45, 2.75) is 11.0 Å². The third kappa shape index (κ3) is 2.87. The van der Waals surface area contributed by atoms with Gasteiger partial charge in [0.1, 0.15) is 5.82 Å². The molecule has 0 aliphatic rings. The number of thioether (sulfide) groups is 1. The summed E-state index contributed by atoms with van der Waals surface area (Å²) in [4.78, 5) is 0.934. The van der Waals surface area contributed by atoms with E-state index >= 15 is 0 Å². The fourth-order valence-corrected chi connectivity index (χ4v) is 2.14. The van der Waals surface area contributed by atoms with Crippen molar-refractivity contribution in [2.24, 2.45) is 0 Å². The average Bonchev–Trinajstić information content (AvgIpc) is 2.81. The van der Waals surface area contributed by atoms with E-state index in [0.29, 0.717) is 5.75 Å². The molecule has 1 unspecified atom stereocenters. The third-order valence-electron chi connectivity index (χ3n) is 2.15. The molecule has 0 saturated carbocycles. The second-order valence-electron chi connectivity index (χ2n) is 3.34. The molecule has 84 valence electrons. The van der Waals surface area contributed by atoms with Gasteiger partial charge in [0.25, 0.3) is 0 Å². The highest BCUT2D eigenvalue weighted by Gasteiger charge is 2.09. The van der Waals surface area contributed by atoms with E-state index in [9.17, 15) is 9.50 Å². The number of aliphatic hydroxyl groups is 1. The van der Waals surface area contributed by atoms with E-state index in [1.54, 1.807) is 18.2 Å². The molecule has 2 aromatic rings. The van der Waals surface area contributed by atoms with Gasteiger partial charge in [-0.25, -0.2) is 4.39 Å². The summed E-state index contributed by atoms with van der Waals surface area (Å²) in [5.74, 6) is 0.269. The Labute approximate surface area is 97.1 Å². The Morgan fingerprint density at radius 1 is 1.25 bits per heavy atom. The number of aliphatic hydroxyl groups excluding tert-OH is 1. The van der Waals surface area contributed by atoms with Gasteiger partial charge in [0.15, 0.2) is 0 Å². The maximum atomic E-state index is 12.6. The minimum atomic E-state index is -0.561. The van der Waals surface area contributed by atoms with E-state index in [1.807, 2.05) is 0 Å². The maximum absolute atomic E-state index is 12.6. The number of benzene rings is 1. The van der Waals surface area contributed by atoms with Crippen LogP contribution in [0.3, 0.4) is 0 Å². The van der Waals surface area contributed by atoms with E-state index in [0.717, 1.165) is 10.5 Å². The highest BCUT2D eigenvalue weighted by molar-refractivity contribution is 7.99. The lowest BCUT2D eigenvalue weighted by Gasteiger charge is -2.07. The highest BCUT2D eigenvalue weighted by atomic mass is 32.2. The lowest BCUT2D eigenvalue weighted by molar-refractivity contribution is 0.203. The molecule has 1 atom stereocenters. The number of hydrogen-bond donors (Lipinski definition) is 1. The summed E-state index contributed by atoms with van der Waals surface area (Å²) in [5, 5.41) is 9.77. The molecule has 0 spiro atoms. The van der Waals surface area contributed by atoms with Crippen molar-refractivity contribution in [1.29, 1.82) is 0 Å². The molecule has 2 rings (SSSR count). The topological polar surface area (TPSA) is 33.4 Å². The molecule has 0 bridgehead atoms. The van der Waals surface area contributed by atoms with Crippen LogP contribution in [0.2, 0.25) is 0 Å². The summed E-state index contributed by atoms with van der Waals surface area (Å²) in [5.41, 5.74) is 0.759. The second-order valence-corrected chi connectivity index (χ2v) is 4.43. The Kier molecular flexibility index (Phi) is 3.64. The first kappa shape index (κ1) is 11.2. The van der Waals surface area contributed by atoms with Crippen molar-refractivity contribution in [3.05, 3.63) is 54.2 Å². The smallest absolute Gasteiger partial charge is 0.123 e. The third-order valence-corrected chi connectivity index (χ3v) is 3.24. The van der Waals surface area contributed by atoms with Gasteiger partial charge in [-0.05, 0) is 30.3 Å². The van der Waals surface area contributed by atoms with Gasteiger partial charge in [-0.2, -0.15) is 0 Å². The Bertz CT molecular complexity index is 425. The van der Waals surface area contributed by atoms with Gasteiger partial charge in [0.2, 0.25) is 0 Å². The minimum Gasteiger partial charge on any atom is -0.472 e. The van der Waals surface area contributed by atoms with Gasteiger partial charge in [-0.3, -0.25) is 0 Å². The molecule has 0 aliphatic heterocycles. The number of hydrogen-bond acceptors (Lipinski definition) is 3. The zero-order valence-electron chi connectivity index (χ0n) is 8.47. The van der Waals surface area contributed by atoms with Crippen molar-refractivity contribution in [2.75, 3.05) is 5.75 Å². The Balaban J connectivity index is 1.90. The molecule has 1 aromatic carbocycles. The van der Waals surface area contributed by atoms with E-state index in [1.165, 1.54) is 36.4 Å². The van der Waals surface area contributed by atoms with Crippen LogP contribution in [0.15, 0.2) is 52.2 Å². The molecular formula is C12H11FO2S. The van der Waals surface area contributed by atoms with Crippen LogP contribution < -0.4 is 0 Å². The quantitative estimate of drug-likeness (QED) is 0.830. The van der Waals surface area contributed by atoms with E-state index in [4.69, 9.17) is 4.42 Å². The van der Waals surface area contributed by atoms with E-state index in [-0.39, 0.29) is 5.82 Å². The summed E-state index contributed by atoms with van der Waals surface area (Å²) in [6.07, 6.45) is 2.49. The van der Waals surface area contributed by atoms with E-state index < -0.39 is 6.10 Å². The van der Waals surface area contributed by atoms with Crippen LogP contribution in [0.1, 0.15) is 11.7 Å². The maximum Gasteiger partial charge on any atom is 0.123 e. The van der Waals surface area contributed by atoms with Crippen LogP contribution in [0.4, 0.5) is 4.39 Å². The van der Waals surface area contributed by atoms with Gasteiger partial charge in [0, 0.05) is 16.2 Å². The van der Waals surface area contributed by atoms with Crippen molar-refractivity contribution in [3.63, 3.8) is 0 Å². The van der Waals surface area contributed by atoms with Crippen molar-refractivity contribution in [3.8, 4) is 0 Å². The first-order valence-electron chi connectivity index (χ1n) is 4.84. The molecule has 0 saturated heterocycles. The molecule has 4 heteroatoms. The minimum absolute atomic E-state index is 0.250. The number of halogens is 1. The van der Waals surface area contributed by atoms with Crippen LogP contribution in [0, 0.1) is 5.82 Å². The number of rotatable bonds is 4. The highest BCUT2D eigenvalue weighted by Crippen LogP contribution is 2.24. The monoisotopic (exact) mass is 238 g/mol. The zero-order chi connectivity index (χ0) is 11.4. The molecular weight excluding hydrogens is 227 g/mol. The van der Waals surface area contributed by atoms with Crippen molar-refractivity contribution in [1.82, 2.24) is 0 Å². The van der Waals surface area contributed by atoms with Gasteiger partial charge in [0.05, 0.1) is 18.6 Å². The predicted molar refractivity (Wildman–Crippen MR) is 60.8 cm³/mol. The summed E-state index contributed by atoms with van der Waals surface area (Å²) in [6, 6.07) is 7.94. The van der Waals surface area contributed by atoms with Crippen molar-refractivity contribution < 1.29 is 13.9 Å². The summed E-state index contributed by atoms with van der Waals surface area (Å²) in [6.45, 7) is 0. The molecule has 0 fully saturated rings. The lowest BCUT2D eigenvalue weighted by Crippen LogP contribution is -1.98. The van der Waals surface area contributed by atoms with Gasteiger partial charge in [-0.1, -0.05) is 0 Å². The first-order chi connectivity index (χ1) is 7.75. The van der Waals surface area contributed by atoms with Gasteiger partial charge in [-0.15, -0.1) is 11.8 Å². The summed E-state index contributed by atoms with van der Waals surface area (Å²) < 4.78 is 17.5. The van der Waals surface area contributed by atoms with Crippen LogP contribution in [-0.2, 0) is 0 Å². The van der Waals surface area contributed by atoms with Crippen LogP contribution in [-0.4, -0.2) is 10.9 Å². The normalized spacial score (nSPS) is 12.6. The molecule has 16 heavy (non-hydrogen) atoms. The number of furan rings is 1. The Hall–Kier alpha value is -1.26. The first-order valence-corrected chi connectivity index (χ1v) is 5.83. The lowest BCUT2D eigenvalue weighted by atomic mass is 10.2. The molecule has 0 aliphatic carbocycles. The molecule has 1 heterocycles. The Morgan fingerprint density at radius 3 is 2.62 bits per heavy atom. The molecule has 0 amide bonds.